The molecule has 0 bridgehead atoms. The van der Waals surface area contributed by atoms with Gasteiger partial charge in [-0.25, -0.2) is 8.42 Å². The van der Waals surface area contributed by atoms with Crippen LogP contribution >= 0.6 is 0 Å². The topological polar surface area (TPSA) is 96.7 Å². The molecule has 1 aliphatic rings. The summed E-state index contributed by atoms with van der Waals surface area (Å²) in [6.07, 6.45) is 2.85. The van der Waals surface area contributed by atoms with Gasteiger partial charge in [-0.15, -0.1) is 0 Å². The van der Waals surface area contributed by atoms with E-state index in [0.717, 1.165) is 12.8 Å². The fourth-order valence-corrected chi connectivity index (χ4v) is 4.37. The molecular formula is C19H22N2O5S. The maximum Gasteiger partial charge on any atom is 0.289 e. The molecule has 1 atom stereocenters. The molecule has 1 fully saturated rings. The molecule has 0 saturated carbocycles. The van der Waals surface area contributed by atoms with Crippen molar-refractivity contribution >= 4 is 21.7 Å². The number of nitrogens with one attached hydrogen (secondary N) is 1. The van der Waals surface area contributed by atoms with Crippen molar-refractivity contribution < 1.29 is 22.4 Å². The van der Waals surface area contributed by atoms with E-state index in [9.17, 15) is 18.0 Å². The number of carbonyl (C=O) groups is 2. The van der Waals surface area contributed by atoms with Gasteiger partial charge in [-0.3, -0.25) is 9.59 Å². The molecule has 7 nitrogen and oxygen atoms in total. The zero-order valence-electron chi connectivity index (χ0n) is 14.8. The number of piperidine rings is 1. The minimum Gasteiger partial charge on any atom is -0.459 e. The number of furan rings is 1. The summed E-state index contributed by atoms with van der Waals surface area (Å²) in [6, 6.07) is 11.2. The summed E-state index contributed by atoms with van der Waals surface area (Å²) in [5.74, 6) is -0.502. The first-order valence-electron chi connectivity index (χ1n) is 8.86. The Balaban J connectivity index is 1.51. The first-order chi connectivity index (χ1) is 13.0. The Hall–Kier alpha value is -2.61. The second kappa shape index (κ2) is 8.39. The van der Waals surface area contributed by atoms with Gasteiger partial charge < -0.3 is 14.6 Å². The van der Waals surface area contributed by atoms with Crippen molar-refractivity contribution in [2.45, 2.75) is 30.2 Å². The lowest BCUT2D eigenvalue weighted by Gasteiger charge is -2.32. The van der Waals surface area contributed by atoms with Crippen molar-refractivity contribution in [3.05, 3.63) is 54.5 Å². The Morgan fingerprint density at radius 1 is 1.15 bits per heavy atom. The van der Waals surface area contributed by atoms with E-state index in [1.165, 1.54) is 18.4 Å². The highest BCUT2D eigenvalue weighted by atomic mass is 32.2. The van der Waals surface area contributed by atoms with Crippen LogP contribution in [0.3, 0.4) is 0 Å². The predicted molar refractivity (Wildman–Crippen MR) is 98.9 cm³/mol. The smallest absolute Gasteiger partial charge is 0.289 e. The van der Waals surface area contributed by atoms with Crippen LogP contribution in [-0.2, 0) is 14.6 Å². The van der Waals surface area contributed by atoms with Gasteiger partial charge in [-0.2, -0.15) is 0 Å². The third-order valence-electron chi connectivity index (χ3n) is 4.51. The van der Waals surface area contributed by atoms with Gasteiger partial charge in [0.2, 0.25) is 5.91 Å². The quantitative estimate of drug-likeness (QED) is 0.812. The number of amides is 2. The van der Waals surface area contributed by atoms with Gasteiger partial charge in [0.15, 0.2) is 15.6 Å². The lowest BCUT2D eigenvalue weighted by atomic mass is 10.1. The molecule has 0 radical (unpaired) electrons. The van der Waals surface area contributed by atoms with Crippen molar-refractivity contribution in [3.8, 4) is 0 Å². The molecule has 3 rings (SSSR count). The number of nitrogens with zero attached hydrogens (tertiary/aromatic N) is 1. The van der Waals surface area contributed by atoms with Gasteiger partial charge in [-0.05, 0) is 37.1 Å². The molecule has 2 amide bonds. The average molecular weight is 390 g/mol. The van der Waals surface area contributed by atoms with Crippen LogP contribution in [0.1, 0.15) is 29.8 Å². The molecule has 2 aromatic rings. The minimum absolute atomic E-state index is 0.111. The molecule has 1 N–H and O–H groups in total. The molecule has 2 heterocycles. The average Bonchev–Trinajstić information content (AvgIpc) is 3.22. The normalized spacial score (nSPS) is 17.5. The van der Waals surface area contributed by atoms with Crippen LogP contribution in [0.15, 0.2) is 58.0 Å². The third kappa shape index (κ3) is 4.97. The van der Waals surface area contributed by atoms with Crippen LogP contribution in [0.2, 0.25) is 0 Å². The summed E-state index contributed by atoms with van der Waals surface area (Å²) >= 11 is 0. The monoisotopic (exact) mass is 390 g/mol. The fourth-order valence-electron chi connectivity index (χ4n) is 3.11. The van der Waals surface area contributed by atoms with Crippen LogP contribution in [0.25, 0.3) is 0 Å². The predicted octanol–water partition coefficient (Wildman–Crippen LogP) is 1.86. The Labute approximate surface area is 158 Å². The lowest BCUT2D eigenvalue weighted by molar-refractivity contribution is -0.121. The molecule has 1 aromatic heterocycles. The SMILES string of the molecule is O=C(CCS(=O)(=O)c1ccccc1)NC1CCCN(C(=O)c2ccco2)C1. The van der Waals surface area contributed by atoms with Crippen LogP contribution in [0.4, 0.5) is 0 Å². The molecule has 0 aliphatic carbocycles. The van der Waals surface area contributed by atoms with Gasteiger partial charge in [0.1, 0.15) is 0 Å². The molecule has 0 spiro atoms. The van der Waals surface area contributed by atoms with Crippen LogP contribution < -0.4 is 5.32 Å². The zero-order chi connectivity index (χ0) is 19.3. The highest BCUT2D eigenvalue weighted by molar-refractivity contribution is 7.91. The van der Waals surface area contributed by atoms with Crippen molar-refractivity contribution in [1.82, 2.24) is 10.2 Å². The third-order valence-corrected chi connectivity index (χ3v) is 6.24. The first kappa shape index (κ1) is 19.2. The van der Waals surface area contributed by atoms with Crippen LogP contribution in [0.5, 0.6) is 0 Å². The Morgan fingerprint density at radius 2 is 1.93 bits per heavy atom. The molecule has 27 heavy (non-hydrogen) atoms. The molecular weight excluding hydrogens is 368 g/mol. The van der Waals surface area contributed by atoms with Crippen molar-refractivity contribution in [2.24, 2.45) is 0 Å². The fraction of sp³-hybridized carbons (Fsp3) is 0.368. The van der Waals surface area contributed by atoms with E-state index in [0.29, 0.717) is 13.1 Å². The summed E-state index contributed by atoms with van der Waals surface area (Å²) in [6.45, 7) is 0.991. The van der Waals surface area contributed by atoms with E-state index in [1.807, 2.05) is 0 Å². The largest absolute Gasteiger partial charge is 0.459 e. The summed E-state index contributed by atoms with van der Waals surface area (Å²) in [5, 5.41) is 2.85. The summed E-state index contributed by atoms with van der Waals surface area (Å²) in [4.78, 5) is 26.4. The van der Waals surface area contributed by atoms with E-state index in [1.54, 1.807) is 35.2 Å². The van der Waals surface area contributed by atoms with Crippen molar-refractivity contribution in [1.29, 1.82) is 0 Å². The second-order valence-corrected chi connectivity index (χ2v) is 8.63. The maximum atomic E-state index is 12.3. The number of sulfone groups is 1. The first-order valence-corrected chi connectivity index (χ1v) is 10.5. The molecule has 1 aromatic carbocycles. The number of hydrogen-bond donors (Lipinski definition) is 1. The van der Waals surface area contributed by atoms with Crippen molar-refractivity contribution in [3.63, 3.8) is 0 Å². The van der Waals surface area contributed by atoms with Gasteiger partial charge in [0.05, 0.1) is 16.9 Å². The summed E-state index contributed by atoms with van der Waals surface area (Å²) < 4.78 is 29.7. The Bertz CT molecular complexity index is 878. The van der Waals surface area contributed by atoms with Crippen LogP contribution in [-0.4, -0.2) is 50.0 Å². The molecule has 144 valence electrons. The number of rotatable bonds is 6. The molecule has 1 unspecified atom stereocenters. The van der Waals surface area contributed by atoms with E-state index >= 15 is 0 Å². The number of hydrogen-bond acceptors (Lipinski definition) is 5. The van der Waals surface area contributed by atoms with Gasteiger partial charge in [0.25, 0.3) is 5.91 Å². The molecule has 8 heteroatoms. The molecule has 1 aliphatic heterocycles. The van der Waals surface area contributed by atoms with E-state index in [2.05, 4.69) is 5.32 Å². The van der Waals surface area contributed by atoms with E-state index in [-0.39, 0.29) is 40.7 Å². The number of benzene rings is 1. The highest BCUT2D eigenvalue weighted by Crippen LogP contribution is 2.15. The van der Waals surface area contributed by atoms with E-state index < -0.39 is 9.84 Å². The summed E-state index contributed by atoms with van der Waals surface area (Å²) in [7, 11) is -3.49. The van der Waals surface area contributed by atoms with Gasteiger partial charge in [0, 0.05) is 25.6 Å². The van der Waals surface area contributed by atoms with Crippen LogP contribution in [0, 0.1) is 0 Å². The van der Waals surface area contributed by atoms with Gasteiger partial charge >= 0.3 is 0 Å². The standard InChI is InChI=1S/C19H22N2O5S/c22-18(10-13-27(24,25)16-7-2-1-3-8-16)20-15-6-4-11-21(14-15)19(23)17-9-5-12-26-17/h1-3,5,7-9,12,15H,4,6,10-11,13-14H2,(H,20,22). The van der Waals surface area contributed by atoms with Crippen molar-refractivity contribution in [2.75, 3.05) is 18.8 Å². The van der Waals surface area contributed by atoms with Gasteiger partial charge in [-0.1, -0.05) is 18.2 Å². The second-order valence-electron chi connectivity index (χ2n) is 6.52. The Kier molecular flexibility index (Phi) is 5.95. The maximum absolute atomic E-state index is 12.3. The zero-order valence-corrected chi connectivity index (χ0v) is 15.7. The number of likely N-dealkylation sites (tertiary alicyclic amines) is 1. The summed E-state index contributed by atoms with van der Waals surface area (Å²) in [5.41, 5.74) is 0. The minimum atomic E-state index is -3.49. The highest BCUT2D eigenvalue weighted by Gasteiger charge is 2.27. The lowest BCUT2D eigenvalue weighted by Crippen LogP contribution is -2.49. The van der Waals surface area contributed by atoms with E-state index in [4.69, 9.17) is 4.42 Å². The molecule has 1 saturated heterocycles. The number of carbonyl (C=O) groups excluding carboxylic acids is 2. The Morgan fingerprint density at radius 3 is 2.63 bits per heavy atom.